The van der Waals surface area contributed by atoms with E-state index in [4.69, 9.17) is 4.74 Å². The van der Waals surface area contributed by atoms with Crippen molar-refractivity contribution in [3.8, 4) is 5.75 Å². The average molecular weight is 373 g/mol. The van der Waals surface area contributed by atoms with Crippen LogP contribution in [0.5, 0.6) is 5.75 Å². The van der Waals surface area contributed by atoms with Gasteiger partial charge in [-0.2, -0.15) is 0 Å². The van der Waals surface area contributed by atoms with Crippen molar-refractivity contribution in [1.29, 1.82) is 0 Å². The van der Waals surface area contributed by atoms with Crippen LogP contribution in [0, 0.1) is 0 Å². The van der Waals surface area contributed by atoms with Gasteiger partial charge in [0.05, 0.1) is 7.11 Å². The maximum Gasteiger partial charge on any atom is 0.119 e. The Morgan fingerprint density at radius 1 is 1.00 bits per heavy atom. The van der Waals surface area contributed by atoms with Crippen LogP contribution < -0.4 is 4.74 Å². The zero-order chi connectivity index (χ0) is 17.6. The number of methoxy groups -OCH3 is 1. The topological polar surface area (TPSA) is 17.4 Å². The molecule has 26 heavy (non-hydrogen) atoms. The number of benzene rings is 2. The van der Waals surface area contributed by atoms with Crippen molar-refractivity contribution in [2.24, 2.45) is 0 Å². The lowest BCUT2D eigenvalue weighted by Crippen LogP contribution is -2.25. The second-order valence-electron chi connectivity index (χ2n) is 6.43. The van der Waals surface area contributed by atoms with Gasteiger partial charge in [-0.3, -0.25) is 0 Å². The first kappa shape index (κ1) is 20.3. The third kappa shape index (κ3) is 4.60. The number of likely N-dealkylation sites (N-methyl/N-ethyl adjacent to an activating group) is 1. The van der Waals surface area contributed by atoms with Crippen molar-refractivity contribution in [3.63, 3.8) is 0 Å². The summed E-state index contributed by atoms with van der Waals surface area (Å²) in [6.45, 7) is 8.64. The fourth-order valence-electron chi connectivity index (χ4n) is 3.41. The van der Waals surface area contributed by atoms with Gasteiger partial charge in [-0.25, -0.2) is 0 Å². The normalized spacial score (nSPS) is 10.9. The van der Waals surface area contributed by atoms with Crippen LogP contribution in [0.25, 0.3) is 10.9 Å². The number of fused-ring (bicyclic) bond motifs is 1. The number of nitrogens with zero attached hydrogens (tertiary/aromatic N) is 2. The van der Waals surface area contributed by atoms with Crippen molar-refractivity contribution in [2.75, 3.05) is 26.7 Å². The minimum Gasteiger partial charge on any atom is -0.497 e. The van der Waals surface area contributed by atoms with E-state index in [0.29, 0.717) is 0 Å². The second kappa shape index (κ2) is 9.65. The Morgan fingerprint density at radius 2 is 1.73 bits per heavy atom. The van der Waals surface area contributed by atoms with Crippen LogP contribution >= 0.6 is 12.4 Å². The molecule has 0 aliphatic carbocycles. The lowest BCUT2D eigenvalue weighted by molar-refractivity contribution is 0.308. The van der Waals surface area contributed by atoms with Crippen molar-refractivity contribution in [3.05, 3.63) is 65.9 Å². The minimum absolute atomic E-state index is 0. The summed E-state index contributed by atoms with van der Waals surface area (Å²) in [5.74, 6) is 0.925. The zero-order valence-corrected chi connectivity index (χ0v) is 16.8. The molecule has 0 saturated heterocycles. The number of aromatic nitrogens is 1. The summed E-state index contributed by atoms with van der Waals surface area (Å²) in [7, 11) is 1.73. The van der Waals surface area contributed by atoms with Crippen LogP contribution in [0.15, 0.2) is 54.7 Å². The molecule has 0 saturated carbocycles. The molecular weight excluding hydrogens is 344 g/mol. The summed E-state index contributed by atoms with van der Waals surface area (Å²) in [6.07, 6.45) is 3.38. The SMILES string of the molecule is CCN(CC)CCc1cn(Cc2ccccc2)c2ccc(OC)cc12.Cl. The Hall–Kier alpha value is -1.97. The first-order valence-corrected chi connectivity index (χ1v) is 9.17. The molecule has 0 aliphatic rings. The van der Waals surface area contributed by atoms with Crippen LogP contribution in [0.3, 0.4) is 0 Å². The van der Waals surface area contributed by atoms with Gasteiger partial charge < -0.3 is 14.2 Å². The molecule has 0 amide bonds. The zero-order valence-electron chi connectivity index (χ0n) is 15.9. The van der Waals surface area contributed by atoms with Crippen LogP contribution in [0.2, 0.25) is 0 Å². The highest BCUT2D eigenvalue weighted by Gasteiger charge is 2.11. The van der Waals surface area contributed by atoms with Gasteiger partial charge in [0.1, 0.15) is 5.75 Å². The predicted molar refractivity (Wildman–Crippen MR) is 113 cm³/mol. The number of rotatable bonds is 8. The molecule has 3 aromatic rings. The Bertz CT molecular complexity index is 810. The molecule has 1 heterocycles. The predicted octanol–water partition coefficient (Wildman–Crippen LogP) is 5.00. The van der Waals surface area contributed by atoms with Crippen molar-refractivity contribution >= 4 is 23.3 Å². The lowest BCUT2D eigenvalue weighted by atomic mass is 10.1. The fraction of sp³-hybridized carbons (Fsp3) is 0.364. The van der Waals surface area contributed by atoms with E-state index in [1.54, 1.807) is 7.11 Å². The monoisotopic (exact) mass is 372 g/mol. The minimum atomic E-state index is 0. The summed E-state index contributed by atoms with van der Waals surface area (Å²) in [6, 6.07) is 17.1. The molecule has 0 atom stereocenters. The molecule has 0 unspecified atom stereocenters. The quantitative estimate of drug-likeness (QED) is 0.553. The molecule has 1 aromatic heterocycles. The first-order valence-electron chi connectivity index (χ1n) is 9.17. The van der Waals surface area contributed by atoms with Gasteiger partial charge in [-0.05, 0) is 48.8 Å². The molecule has 3 rings (SSSR count). The molecule has 2 aromatic carbocycles. The van der Waals surface area contributed by atoms with Gasteiger partial charge in [0.2, 0.25) is 0 Å². The van der Waals surface area contributed by atoms with Crippen LogP contribution in [-0.4, -0.2) is 36.2 Å². The highest BCUT2D eigenvalue weighted by molar-refractivity contribution is 5.86. The number of hydrogen-bond donors (Lipinski definition) is 0. The van der Waals surface area contributed by atoms with E-state index in [9.17, 15) is 0 Å². The van der Waals surface area contributed by atoms with Gasteiger partial charge in [-0.15, -0.1) is 12.4 Å². The average Bonchev–Trinajstić information content (AvgIpc) is 3.00. The Labute approximate surface area is 163 Å². The molecule has 4 heteroatoms. The number of ether oxygens (including phenoxy) is 1. The maximum atomic E-state index is 5.45. The van der Waals surface area contributed by atoms with E-state index < -0.39 is 0 Å². The molecule has 0 fully saturated rings. The van der Waals surface area contributed by atoms with Crippen molar-refractivity contribution in [2.45, 2.75) is 26.8 Å². The van der Waals surface area contributed by atoms with Crippen molar-refractivity contribution < 1.29 is 4.74 Å². The lowest BCUT2D eigenvalue weighted by Gasteiger charge is -2.17. The molecule has 0 N–H and O–H groups in total. The smallest absolute Gasteiger partial charge is 0.119 e. The standard InChI is InChI=1S/C22H28N2O.ClH/c1-4-23(5-2)14-13-19-17-24(16-18-9-7-6-8-10-18)22-12-11-20(25-3)15-21(19)22;/h6-12,15,17H,4-5,13-14,16H2,1-3H3;1H. The van der Waals surface area contributed by atoms with Gasteiger partial charge >= 0.3 is 0 Å². The van der Waals surface area contributed by atoms with E-state index in [-0.39, 0.29) is 12.4 Å². The molecule has 0 radical (unpaired) electrons. The van der Waals surface area contributed by atoms with E-state index in [1.165, 1.54) is 22.0 Å². The molecule has 3 nitrogen and oxygen atoms in total. The van der Waals surface area contributed by atoms with Gasteiger partial charge in [0.25, 0.3) is 0 Å². The van der Waals surface area contributed by atoms with Gasteiger partial charge in [0.15, 0.2) is 0 Å². The number of hydrogen-bond acceptors (Lipinski definition) is 2. The number of halogens is 1. The summed E-state index contributed by atoms with van der Waals surface area (Å²) in [5.41, 5.74) is 4.00. The van der Waals surface area contributed by atoms with Crippen LogP contribution in [-0.2, 0) is 13.0 Å². The third-order valence-corrected chi connectivity index (χ3v) is 4.96. The van der Waals surface area contributed by atoms with E-state index >= 15 is 0 Å². The van der Waals surface area contributed by atoms with E-state index in [0.717, 1.165) is 38.3 Å². The third-order valence-electron chi connectivity index (χ3n) is 4.96. The Morgan fingerprint density at radius 3 is 2.38 bits per heavy atom. The fourth-order valence-corrected chi connectivity index (χ4v) is 3.41. The molecule has 0 aliphatic heterocycles. The van der Waals surface area contributed by atoms with Gasteiger partial charge in [-0.1, -0.05) is 44.2 Å². The van der Waals surface area contributed by atoms with Crippen LogP contribution in [0.4, 0.5) is 0 Å². The summed E-state index contributed by atoms with van der Waals surface area (Å²) >= 11 is 0. The Balaban J connectivity index is 0.00000243. The highest BCUT2D eigenvalue weighted by Crippen LogP contribution is 2.27. The van der Waals surface area contributed by atoms with Crippen molar-refractivity contribution in [1.82, 2.24) is 9.47 Å². The summed E-state index contributed by atoms with van der Waals surface area (Å²) in [4.78, 5) is 2.47. The molecule has 0 spiro atoms. The van der Waals surface area contributed by atoms with E-state index in [1.807, 2.05) is 0 Å². The maximum absolute atomic E-state index is 5.45. The molecular formula is C22H29ClN2O. The highest BCUT2D eigenvalue weighted by atomic mass is 35.5. The summed E-state index contributed by atoms with van der Waals surface area (Å²) < 4.78 is 7.82. The van der Waals surface area contributed by atoms with Crippen LogP contribution in [0.1, 0.15) is 25.0 Å². The van der Waals surface area contributed by atoms with E-state index in [2.05, 4.69) is 78.0 Å². The van der Waals surface area contributed by atoms with Gasteiger partial charge in [0, 0.05) is 30.2 Å². The first-order chi connectivity index (χ1) is 12.2. The molecule has 140 valence electrons. The largest absolute Gasteiger partial charge is 0.497 e. The second-order valence-corrected chi connectivity index (χ2v) is 6.43. The molecule has 0 bridgehead atoms. The summed E-state index contributed by atoms with van der Waals surface area (Å²) in [5, 5.41) is 1.31. The Kier molecular flexibility index (Phi) is 7.55.